The van der Waals surface area contributed by atoms with E-state index in [1.54, 1.807) is 12.0 Å². The predicted molar refractivity (Wildman–Crippen MR) is 137 cm³/mol. The number of piperidine rings is 1. The van der Waals surface area contributed by atoms with Gasteiger partial charge in [0, 0.05) is 42.8 Å². The first-order valence-electron chi connectivity index (χ1n) is 12.9. The molecule has 2 aromatic rings. The van der Waals surface area contributed by atoms with E-state index < -0.39 is 5.60 Å². The second-order valence-electron chi connectivity index (χ2n) is 11.8. The summed E-state index contributed by atoms with van der Waals surface area (Å²) in [6.07, 6.45) is 1.66. The molecule has 2 aromatic carbocycles. The molecule has 5 atom stereocenters. The summed E-state index contributed by atoms with van der Waals surface area (Å²) in [4.78, 5) is 29.6. The summed E-state index contributed by atoms with van der Waals surface area (Å²) in [5.41, 5.74) is 3.57. The fourth-order valence-electron chi connectivity index (χ4n) is 6.44. The molecule has 0 unspecified atom stereocenters. The lowest BCUT2D eigenvalue weighted by Crippen LogP contribution is -2.45. The van der Waals surface area contributed by atoms with Crippen LogP contribution in [0.3, 0.4) is 0 Å². The lowest BCUT2D eigenvalue weighted by molar-refractivity contribution is -0.119. The van der Waals surface area contributed by atoms with Crippen LogP contribution in [0.5, 0.6) is 5.75 Å². The maximum absolute atomic E-state index is 13.2. The Morgan fingerprint density at radius 3 is 2.61 bits per heavy atom. The van der Waals surface area contributed by atoms with Gasteiger partial charge in [-0.25, -0.2) is 4.79 Å². The normalized spacial score (nSPS) is 29.9. The third-order valence-electron chi connectivity index (χ3n) is 8.35. The van der Waals surface area contributed by atoms with Crippen molar-refractivity contribution in [2.75, 3.05) is 25.6 Å². The number of rotatable bonds is 5. The van der Waals surface area contributed by atoms with Crippen molar-refractivity contribution >= 4 is 17.7 Å². The van der Waals surface area contributed by atoms with Crippen molar-refractivity contribution in [1.29, 1.82) is 0 Å². The van der Waals surface area contributed by atoms with Crippen LogP contribution in [0.25, 0.3) is 0 Å². The van der Waals surface area contributed by atoms with E-state index in [-0.39, 0.29) is 29.5 Å². The van der Waals surface area contributed by atoms with Crippen LogP contribution in [0.15, 0.2) is 42.5 Å². The molecule has 2 aliphatic heterocycles. The number of hydrogen-bond acceptors (Lipinski definition) is 5. The molecule has 2 saturated carbocycles. The van der Waals surface area contributed by atoms with Crippen molar-refractivity contribution < 1.29 is 19.1 Å². The minimum Gasteiger partial charge on any atom is -0.496 e. The topological polar surface area (TPSA) is 71.1 Å². The molecule has 1 N–H and O–H groups in total. The molecule has 0 spiro atoms. The lowest BCUT2D eigenvalue weighted by atomic mass is 9.95. The number of methoxy groups -OCH3 is 1. The van der Waals surface area contributed by atoms with E-state index in [4.69, 9.17) is 9.47 Å². The van der Waals surface area contributed by atoms with E-state index in [1.807, 2.05) is 50.9 Å². The molecule has 1 saturated heterocycles. The first-order chi connectivity index (χ1) is 17.1. The number of benzene rings is 2. The SMILES string of the molecule is COc1cc2c(cc1CN[C@@]13C[C@@H]1CN(C(=O)OC(C)(C)C)[C@H]3c1ccccc1)N(C)C(=O)[C@H]1C[C@@H]21. The Bertz CT molecular complexity index is 1220. The summed E-state index contributed by atoms with van der Waals surface area (Å²) in [5.74, 6) is 1.87. The van der Waals surface area contributed by atoms with Gasteiger partial charge in [0.1, 0.15) is 11.4 Å². The van der Waals surface area contributed by atoms with E-state index in [0.717, 1.165) is 35.4 Å². The average Bonchev–Trinajstić information content (AvgIpc) is 3.76. The molecule has 2 aliphatic carbocycles. The molecule has 2 heterocycles. The number of nitrogens with zero attached hydrogens (tertiary/aromatic N) is 2. The number of carbonyl (C=O) groups excluding carboxylic acids is 2. The molecule has 7 heteroatoms. The van der Waals surface area contributed by atoms with Gasteiger partial charge in [0.15, 0.2) is 0 Å². The number of likely N-dealkylation sites (tertiary alicyclic amines) is 1. The van der Waals surface area contributed by atoms with Gasteiger partial charge in [-0.1, -0.05) is 30.3 Å². The van der Waals surface area contributed by atoms with Gasteiger partial charge in [0.05, 0.1) is 13.2 Å². The first kappa shape index (κ1) is 23.3. The highest BCUT2D eigenvalue weighted by Crippen LogP contribution is 2.61. The molecule has 2 amide bonds. The number of carbonyl (C=O) groups is 2. The molecule has 3 fully saturated rings. The molecular formula is C29H35N3O4. The van der Waals surface area contributed by atoms with Gasteiger partial charge in [-0.05, 0) is 68.7 Å². The highest BCUT2D eigenvalue weighted by atomic mass is 16.6. The second kappa shape index (κ2) is 7.97. The highest BCUT2D eigenvalue weighted by molar-refractivity contribution is 6.01. The fourth-order valence-corrected chi connectivity index (χ4v) is 6.44. The van der Waals surface area contributed by atoms with Gasteiger partial charge < -0.3 is 19.7 Å². The third kappa shape index (κ3) is 3.67. The molecule has 4 aliphatic rings. The Hall–Kier alpha value is -3.06. The molecule has 6 rings (SSSR count). The summed E-state index contributed by atoms with van der Waals surface area (Å²) in [7, 11) is 3.58. The Morgan fingerprint density at radius 2 is 1.92 bits per heavy atom. The van der Waals surface area contributed by atoms with Crippen LogP contribution >= 0.6 is 0 Å². The van der Waals surface area contributed by atoms with Gasteiger partial charge in [-0.15, -0.1) is 0 Å². The van der Waals surface area contributed by atoms with Crippen LogP contribution in [0, 0.1) is 11.8 Å². The molecule has 190 valence electrons. The monoisotopic (exact) mass is 489 g/mol. The summed E-state index contributed by atoms with van der Waals surface area (Å²) < 4.78 is 11.6. The Kier molecular flexibility index (Phi) is 5.17. The first-order valence-corrected chi connectivity index (χ1v) is 12.9. The number of hydrogen-bond donors (Lipinski definition) is 1. The van der Waals surface area contributed by atoms with Crippen molar-refractivity contribution in [3.05, 3.63) is 59.2 Å². The van der Waals surface area contributed by atoms with Crippen molar-refractivity contribution in [3.63, 3.8) is 0 Å². The van der Waals surface area contributed by atoms with E-state index in [1.165, 1.54) is 5.56 Å². The number of nitrogens with one attached hydrogen (secondary N) is 1. The number of fused-ring (bicyclic) bond motifs is 4. The molecule has 0 bridgehead atoms. The maximum Gasteiger partial charge on any atom is 0.410 e. The van der Waals surface area contributed by atoms with Crippen molar-refractivity contribution in [2.45, 2.75) is 63.3 Å². The summed E-state index contributed by atoms with van der Waals surface area (Å²) in [5, 5.41) is 3.84. The molecule has 7 nitrogen and oxygen atoms in total. The fraction of sp³-hybridized carbons (Fsp3) is 0.517. The quantitative estimate of drug-likeness (QED) is 0.664. The third-order valence-corrected chi connectivity index (χ3v) is 8.35. The van der Waals surface area contributed by atoms with E-state index in [2.05, 4.69) is 29.6 Å². The molecule has 0 aromatic heterocycles. The Labute approximate surface area is 212 Å². The van der Waals surface area contributed by atoms with Crippen molar-refractivity contribution in [2.24, 2.45) is 11.8 Å². The highest BCUT2D eigenvalue weighted by Gasteiger charge is 2.67. The zero-order valence-electron chi connectivity index (χ0n) is 21.7. The minimum atomic E-state index is -0.549. The smallest absolute Gasteiger partial charge is 0.410 e. The van der Waals surface area contributed by atoms with E-state index in [0.29, 0.717) is 24.9 Å². The van der Waals surface area contributed by atoms with Crippen LogP contribution < -0.4 is 15.0 Å². The van der Waals surface area contributed by atoms with Crippen LogP contribution in [-0.4, -0.2) is 48.7 Å². The molecule has 0 radical (unpaired) electrons. The van der Waals surface area contributed by atoms with Crippen LogP contribution in [0.1, 0.15) is 62.3 Å². The lowest BCUT2D eigenvalue weighted by Gasteiger charge is -2.34. The Balaban J connectivity index is 1.29. The molecular weight excluding hydrogens is 454 g/mol. The van der Waals surface area contributed by atoms with Crippen molar-refractivity contribution in [3.8, 4) is 5.75 Å². The summed E-state index contributed by atoms with van der Waals surface area (Å²) in [6.45, 7) is 6.97. The van der Waals surface area contributed by atoms with Crippen LogP contribution in [-0.2, 0) is 16.1 Å². The standard InChI is InChI=1S/C29H35N3O4/c1-28(2,3)36-27(34)32-16-19-14-29(19,25(32)17-9-7-6-8-10-17)30-15-18-11-23-21(13-24(18)35-5)20-12-22(20)26(33)31(23)4/h6-11,13,19-20,22,25,30H,12,14-16H2,1-5H3/t19-,20+,22+,25+,29+/m1/s1. The Morgan fingerprint density at radius 1 is 1.17 bits per heavy atom. The minimum absolute atomic E-state index is 0.112. The van der Waals surface area contributed by atoms with Gasteiger partial charge in [0.25, 0.3) is 0 Å². The zero-order valence-corrected chi connectivity index (χ0v) is 21.7. The number of ether oxygens (including phenoxy) is 2. The maximum atomic E-state index is 13.2. The van der Waals surface area contributed by atoms with Crippen molar-refractivity contribution in [1.82, 2.24) is 10.2 Å². The molecule has 36 heavy (non-hydrogen) atoms. The summed E-state index contributed by atoms with van der Waals surface area (Å²) in [6, 6.07) is 14.4. The number of anilines is 1. The van der Waals surface area contributed by atoms with Crippen LogP contribution in [0.4, 0.5) is 10.5 Å². The number of amides is 2. The van der Waals surface area contributed by atoms with E-state index >= 15 is 0 Å². The van der Waals surface area contributed by atoms with Gasteiger partial charge in [0.2, 0.25) is 5.91 Å². The zero-order chi connectivity index (χ0) is 25.4. The van der Waals surface area contributed by atoms with Crippen LogP contribution in [0.2, 0.25) is 0 Å². The van der Waals surface area contributed by atoms with Gasteiger partial charge in [-0.2, -0.15) is 0 Å². The van der Waals surface area contributed by atoms with Gasteiger partial charge >= 0.3 is 6.09 Å². The second-order valence-corrected chi connectivity index (χ2v) is 11.8. The summed E-state index contributed by atoms with van der Waals surface area (Å²) >= 11 is 0. The average molecular weight is 490 g/mol. The largest absolute Gasteiger partial charge is 0.496 e. The van der Waals surface area contributed by atoms with E-state index in [9.17, 15) is 9.59 Å². The predicted octanol–water partition coefficient (Wildman–Crippen LogP) is 4.62. The van der Waals surface area contributed by atoms with Gasteiger partial charge in [-0.3, -0.25) is 9.69 Å².